The van der Waals surface area contributed by atoms with Crippen LogP contribution in [0.5, 0.6) is 0 Å². The molecule has 0 saturated heterocycles. The van der Waals surface area contributed by atoms with Gasteiger partial charge in [-0.25, -0.2) is 0 Å². The molecule has 1 rings (SSSR count). The van der Waals surface area contributed by atoms with E-state index >= 15 is 0 Å². The molecule has 1 aromatic rings. The molecule has 0 spiro atoms. The van der Waals surface area contributed by atoms with E-state index in [2.05, 4.69) is 36.3 Å². The Morgan fingerprint density at radius 1 is 1.67 bits per heavy atom. The SMILES string of the molecule is CCC(C)(CO)CNC(C)c1cn[nH]c1. The highest BCUT2D eigenvalue weighted by atomic mass is 16.3. The zero-order valence-electron chi connectivity index (χ0n) is 9.75. The molecule has 0 aromatic carbocycles. The van der Waals surface area contributed by atoms with Gasteiger partial charge in [-0.1, -0.05) is 13.8 Å². The molecule has 2 atom stereocenters. The number of hydrogen-bond donors (Lipinski definition) is 3. The van der Waals surface area contributed by atoms with E-state index < -0.39 is 0 Å². The van der Waals surface area contributed by atoms with Crippen molar-refractivity contribution in [2.24, 2.45) is 5.41 Å². The van der Waals surface area contributed by atoms with Gasteiger partial charge in [0.25, 0.3) is 0 Å². The zero-order chi connectivity index (χ0) is 11.3. The predicted octanol–water partition coefficient (Wildman–Crippen LogP) is 1.47. The summed E-state index contributed by atoms with van der Waals surface area (Å²) in [4.78, 5) is 0. The number of nitrogens with zero attached hydrogens (tertiary/aromatic N) is 1. The molecule has 1 heterocycles. The van der Waals surface area contributed by atoms with Gasteiger partial charge >= 0.3 is 0 Å². The van der Waals surface area contributed by atoms with Crippen LogP contribution in [0.4, 0.5) is 0 Å². The molecule has 15 heavy (non-hydrogen) atoms. The Labute approximate surface area is 91.1 Å². The number of aromatic nitrogens is 2. The summed E-state index contributed by atoms with van der Waals surface area (Å²) in [6.07, 6.45) is 4.68. The first kappa shape index (κ1) is 12.2. The molecule has 1 aromatic heterocycles. The van der Waals surface area contributed by atoms with E-state index in [1.165, 1.54) is 0 Å². The molecule has 0 aliphatic rings. The first-order valence-corrected chi connectivity index (χ1v) is 5.44. The van der Waals surface area contributed by atoms with Gasteiger partial charge in [0.1, 0.15) is 0 Å². The minimum absolute atomic E-state index is 0.0298. The second-order valence-corrected chi connectivity index (χ2v) is 4.46. The standard InChI is InChI=1S/C11H21N3O/c1-4-11(3,8-15)7-12-9(2)10-5-13-14-6-10/h5-6,9,12,15H,4,7-8H2,1-3H3,(H,13,14). The zero-order valence-corrected chi connectivity index (χ0v) is 9.75. The maximum atomic E-state index is 9.27. The molecule has 0 fully saturated rings. The summed E-state index contributed by atoms with van der Waals surface area (Å²) < 4.78 is 0. The Hall–Kier alpha value is -0.870. The fourth-order valence-corrected chi connectivity index (χ4v) is 1.31. The molecular formula is C11H21N3O. The molecule has 3 N–H and O–H groups in total. The van der Waals surface area contributed by atoms with Crippen molar-refractivity contribution in [2.75, 3.05) is 13.2 Å². The number of nitrogens with one attached hydrogen (secondary N) is 2. The van der Waals surface area contributed by atoms with Crippen molar-refractivity contribution in [3.63, 3.8) is 0 Å². The molecule has 86 valence electrons. The number of hydrogen-bond acceptors (Lipinski definition) is 3. The number of H-pyrrole nitrogens is 1. The van der Waals surface area contributed by atoms with Crippen LogP contribution in [-0.4, -0.2) is 28.5 Å². The van der Waals surface area contributed by atoms with Crippen LogP contribution in [0.1, 0.15) is 38.8 Å². The molecule has 2 unspecified atom stereocenters. The van der Waals surface area contributed by atoms with Crippen LogP contribution < -0.4 is 5.32 Å². The topological polar surface area (TPSA) is 60.9 Å². The predicted molar refractivity (Wildman–Crippen MR) is 60.5 cm³/mol. The molecule has 4 nitrogen and oxygen atoms in total. The van der Waals surface area contributed by atoms with Gasteiger partial charge in [-0.05, 0) is 13.3 Å². The van der Waals surface area contributed by atoms with Crippen LogP contribution in [0.2, 0.25) is 0 Å². The molecule has 0 aliphatic carbocycles. The van der Waals surface area contributed by atoms with Gasteiger partial charge < -0.3 is 10.4 Å². The lowest BCUT2D eigenvalue weighted by Crippen LogP contribution is -2.35. The fourth-order valence-electron chi connectivity index (χ4n) is 1.31. The van der Waals surface area contributed by atoms with Gasteiger partial charge in [-0.2, -0.15) is 5.10 Å². The maximum absolute atomic E-state index is 9.27. The van der Waals surface area contributed by atoms with E-state index in [0.29, 0.717) is 0 Å². The minimum atomic E-state index is -0.0298. The van der Waals surface area contributed by atoms with Crippen molar-refractivity contribution in [2.45, 2.75) is 33.2 Å². The smallest absolute Gasteiger partial charge is 0.0534 e. The normalized spacial score (nSPS) is 17.3. The van der Waals surface area contributed by atoms with E-state index in [1.807, 2.05) is 12.4 Å². The monoisotopic (exact) mass is 211 g/mol. The van der Waals surface area contributed by atoms with Crippen LogP contribution in [0, 0.1) is 5.41 Å². The molecule has 0 bridgehead atoms. The lowest BCUT2D eigenvalue weighted by molar-refractivity contribution is 0.132. The molecule has 0 saturated carbocycles. The Morgan fingerprint density at radius 2 is 2.40 bits per heavy atom. The summed E-state index contributed by atoms with van der Waals surface area (Å²) in [6.45, 7) is 7.31. The highest BCUT2D eigenvalue weighted by molar-refractivity contribution is 5.07. The van der Waals surface area contributed by atoms with Gasteiger partial charge in [-0.3, -0.25) is 5.10 Å². The Kier molecular flexibility index (Phi) is 4.29. The van der Waals surface area contributed by atoms with Crippen molar-refractivity contribution in [1.29, 1.82) is 0 Å². The van der Waals surface area contributed by atoms with Gasteiger partial charge in [0.05, 0.1) is 6.20 Å². The Bertz CT molecular complexity index is 267. The third-order valence-electron chi connectivity index (χ3n) is 3.09. The second kappa shape index (κ2) is 5.28. The van der Waals surface area contributed by atoms with Crippen LogP contribution >= 0.6 is 0 Å². The Balaban J connectivity index is 2.43. The fraction of sp³-hybridized carbons (Fsp3) is 0.727. The molecule has 0 radical (unpaired) electrons. The lowest BCUT2D eigenvalue weighted by Gasteiger charge is -2.27. The summed E-state index contributed by atoms with van der Waals surface area (Å²) in [7, 11) is 0. The lowest BCUT2D eigenvalue weighted by atomic mass is 9.88. The Morgan fingerprint density at radius 3 is 2.87 bits per heavy atom. The first-order valence-electron chi connectivity index (χ1n) is 5.44. The summed E-state index contributed by atoms with van der Waals surface area (Å²) in [5.41, 5.74) is 1.12. The highest BCUT2D eigenvalue weighted by Gasteiger charge is 2.21. The van der Waals surface area contributed by atoms with Crippen LogP contribution in [0.3, 0.4) is 0 Å². The number of aliphatic hydroxyl groups excluding tert-OH is 1. The number of aromatic amines is 1. The van der Waals surface area contributed by atoms with Gasteiger partial charge in [0.15, 0.2) is 0 Å². The average Bonchev–Trinajstić information content (AvgIpc) is 2.79. The van der Waals surface area contributed by atoms with Gasteiger partial charge in [-0.15, -0.1) is 0 Å². The van der Waals surface area contributed by atoms with Gasteiger partial charge in [0.2, 0.25) is 0 Å². The first-order chi connectivity index (χ1) is 7.11. The van der Waals surface area contributed by atoms with Crippen molar-refractivity contribution in [1.82, 2.24) is 15.5 Å². The van der Waals surface area contributed by atoms with E-state index in [0.717, 1.165) is 18.5 Å². The number of rotatable bonds is 6. The molecular weight excluding hydrogens is 190 g/mol. The largest absolute Gasteiger partial charge is 0.396 e. The summed E-state index contributed by atoms with van der Waals surface area (Å²) in [5, 5.41) is 19.4. The third kappa shape index (κ3) is 3.32. The summed E-state index contributed by atoms with van der Waals surface area (Å²) >= 11 is 0. The van der Waals surface area contributed by atoms with Gasteiger partial charge in [0, 0.05) is 36.4 Å². The van der Waals surface area contributed by atoms with Crippen LogP contribution in [0.25, 0.3) is 0 Å². The van der Waals surface area contributed by atoms with E-state index in [4.69, 9.17) is 0 Å². The average molecular weight is 211 g/mol. The van der Waals surface area contributed by atoms with Crippen molar-refractivity contribution in [3.05, 3.63) is 18.0 Å². The molecule has 4 heteroatoms. The van der Waals surface area contributed by atoms with Crippen molar-refractivity contribution in [3.8, 4) is 0 Å². The highest BCUT2D eigenvalue weighted by Crippen LogP contribution is 2.20. The number of aliphatic hydroxyl groups is 1. The van der Waals surface area contributed by atoms with Crippen LogP contribution in [0.15, 0.2) is 12.4 Å². The maximum Gasteiger partial charge on any atom is 0.0534 e. The van der Waals surface area contributed by atoms with Crippen LogP contribution in [-0.2, 0) is 0 Å². The summed E-state index contributed by atoms with van der Waals surface area (Å²) in [5.74, 6) is 0. The van der Waals surface area contributed by atoms with Crippen molar-refractivity contribution >= 4 is 0 Å². The second-order valence-electron chi connectivity index (χ2n) is 4.46. The van der Waals surface area contributed by atoms with E-state index in [1.54, 1.807) is 0 Å². The molecule has 0 amide bonds. The van der Waals surface area contributed by atoms with E-state index in [-0.39, 0.29) is 18.1 Å². The third-order valence-corrected chi connectivity index (χ3v) is 3.09. The quantitative estimate of drug-likeness (QED) is 0.667. The van der Waals surface area contributed by atoms with E-state index in [9.17, 15) is 5.11 Å². The van der Waals surface area contributed by atoms with Crippen molar-refractivity contribution < 1.29 is 5.11 Å². The summed E-state index contributed by atoms with van der Waals surface area (Å²) in [6, 6.07) is 0.265. The minimum Gasteiger partial charge on any atom is -0.396 e. The molecule has 0 aliphatic heterocycles.